The molecule has 0 saturated carbocycles. The zero-order chi connectivity index (χ0) is 16.0. The Morgan fingerprint density at radius 1 is 1.41 bits per heavy atom. The Bertz CT molecular complexity index is 560. The molecular formula is C13H23N3O5S. The quantitative estimate of drug-likeness (QED) is 0.625. The molecule has 0 unspecified atom stereocenters. The fourth-order valence-corrected chi connectivity index (χ4v) is 4.22. The Hall–Kier alpha value is -1.03. The van der Waals surface area contributed by atoms with E-state index in [4.69, 9.17) is 14.0 Å². The van der Waals surface area contributed by atoms with Crippen molar-refractivity contribution >= 4 is 10.0 Å². The molecule has 126 valence electrons. The predicted molar refractivity (Wildman–Crippen MR) is 78.6 cm³/mol. The Labute approximate surface area is 130 Å². The number of hydrogen-bond acceptors (Lipinski definition) is 7. The van der Waals surface area contributed by atoms with E-state index in [1.807, 2.05) is 6.92 Å². The van der Waals surface area contributed by atoms with Crippen molar-refractivity contribution in [1.82, 2.24) is 14.4 Å². The van der Waals surface area contributed by atoms with Crippen molar-refractivity contribution in [3.63, 3.8) is 0 Å². The summed E-state index contributed by atoms with van der Waals surface area (Å²) in [5, 5.41) is 3.92. The molecule has 0 aromatic carbocycles. The molecule has 1 aromatic heterocycles. The van der Waals surface area contributed by atoms with E-state index >= 15 is 0 Å². The van der Waals surface area contributed by atoms with Gasteiger partial charge in [-0.05, 0) is 19.3 Å². The summed E-state index contributed by atoms with van der Waals surface area (Å²) in [5.41, 5.74) is 0. The van der Waals surface area contributed by atoms with Gasteiger partial charge in [-0.3, -0.25) is 0 Å². The van der Waals surface area contributed by atoms with Crippen molar-refractivity contribution in [2.75, 3.05) is 32.6 Å². The van der Waals surface area contributed by atoms with Crippen LogP contribution in [-0.2, 0) is 26.1 Å². The summed E-state index contributed by atoms with van der Waals surface area (Å²) in [7, 11) is -1.66. The topological polar surface area (TPSA) is 94.8 Å². The van der Waals surface area contributed by atoms with Gasteiger partial charge in [0.1, 0.15) is 6.61 Å². The molecule has 1 aromatic rings. The molecule has 0 bridgehead atoms. The van der Waals surface area contributed by atoms with Gasteiger partial charge in [-0.2, -0.15) is 9.29 Å². The van der Waals surface area contributed by atoms with Crippen LogP contribution in [0.2, 0.25) is 0 Å². The molecule has 1 fully saturated rings. The standard InChI is InChI=1S/C13H23N3O5S/c1-3-9-22(17,18)16-6-4-5-11(16)13-14-12(21-15-13)10-20-8-7-19-2/h11H,3-10H2,1-2H3/t11-/m0/s1. The van der Waals surface area contributed by atoms with Gasteiger partial charge in [0, 0.05) is 13.7 Å². The van der Waals surface area contributed by atoms with Crippen molar-refractivity contribution < 1.29 is 22.4 Å². The van der Waals surface area contributed by atoms with Crippen molar-refractivity contribution in [3.8, 4) is 0 Å². The first-order chi connectivity index (χ1) is 10.6. The van der Waals surface area contributed by atoms with Crippen molar-refractivity contribution in [2.24, 2.45) is 0 Å². The van der Waals surface area contributed by atoms with Gasteiger partial charge in [-0.25, -0.2) is 8.42 Å². The Morgan fingerprint density at radius 3 is 2.95 bits per heavy atom. The fourth-order valence-electron chi connectivity index (χ4n) is 2.47. The lowest BCUT2D eigenvalue weighted by Gasteiger charge is -2.21. The lowest BCUT2D eigenvalue weighted by atomic mass is 10.2. The number of ether oxygens (including phenoxy) is 2. The van der Waals surface area contributed by atoms with Gasteiger partial charge in [-0.15, -0.1) is 0 Å². The largest absolute Gasteiger partial charge is 0.382 e. The molecule has 0 aliphatic carbocycles. The second-order valence-corrected chi connectivity index (χ2v) is 7.22. The van der Waals surface area contributed by atoms with Gasteiger partial charge < -0.3 is 14.0 Å². The molecular weight excluding hydrogens is 310 g/mol. The summed E-state index contributed by atoms with van der Waals surface area (Å²) >= 11 is 0. The molecule has 9 heteroatoms. The van der Waals surface area contributed by atoms with Gasteiger partial charge in [-0.1, -0.05) is 12.1 Å². The molecule has 0 amide bonds. The van der Waals surface area contributed by atoms with Crippen LogP contribution in [0.1, 0.15) is 43.9 Å². The van der Waals surface area contributed by atoms with E-state index in [0.717, 1.165) is 6.42 Å². The molecule has 2 heterocycles. The minimum absolute atomic E-state index is 0.147. The minimum Gasteiger partial charge on any atom is -0.382 e. The highest BCUT2D eigenvalue weighted by molar-refractivity contribution is 7.89. The average molecular weight is 333 g/mol. The first kappa shape index (κ1) is 17.3. The third-order valence-electron chi connectivity index (χ3n) is 3.46. The SMILES string of the molecule is CCCS(=O)(=O)N1CCC[C@H]1c1noc(COCCOC)n1. The van der Waals surface area contributed by atoms with E-state index in [0.29, 0.717) is 44.3 Å². The maximum Gasteiger partial charge on any atom is 0.252 e. The van der Waals surface area contributed by atoms with Gasteiger partial charge >= 0.3 is 0 Å². The maximum atomic E-state index is 12.3. The highest BCUT2D eigenvalue weighted by Gasteiger charge is 2.37. The van der Waals surface area contributed by atoms with Crippen LogP contribution in [0, 0.1) is 0 Å². The second-order valence-electron chi connectivity index (χ2n) is 5.18. The number of rotatable bonds is 9. The van der Waals surface area contributed by atoms with E-state index in [1.165, 1.54) is 4.31 Å². The first-order valence-corrected chi connectivity index (χ1v) is 9.08. The number of aromatic nitrogens is 2. The van der Waals surface area contributed by atoms with E-state index in [2.05, 4.69) is 10.1 Å². The molecule has 1 atom stereocenters. The smallest absolute Gasteiger partial charge is 0.252 e. The van der Waals surface area contributed by atoms with Crippen LogP contribution in [-0.4, -0.2) is 55.5 Å². The lowest BCUT2D eigenvalue weighted by molar-refractivity contribution is 0.0494. The Kier molecular flexibility index (Phi) is 6.30. The van der Waals surface area contributed by atoms with E-state index in [1.54, 1.807) is 7.11 Å². The monoisotopic (exact) mass is 333 g/mol. The van der Waals surface area contributed by atoms with Crippen LogP contribution in [0.5, 0.6) is 0 Å². The van der Waals surface area contributed by atoms with Crippen LogP contribution in [0.4, 0.5) is 0 Å². The summed E-state index contributed by atoms with van der Waals surface area (Å²) in [4.78, 5) is 4.26. The summed E-state index contributed by atoms with van der Waals surface area (Å²) in [6, 6.07) is -0.326. The molecule has 22 heavy (non-hydrogen) atoms. The molecule has 8 nitrogen and oxygen atoms in total. The third-order valence-corrected chi connectivity index (χ3v) is 5.54. The van der Waals surface area contributed by atoms with Crippen molar-refractivity contribution in [2.45, 2.75) is 38.8 Å². The van der Waals surface area contributed by atoms with Gasteiger partial charge in [0.25, 0.3) is 5.89 Å². The highest BCUT2D eigenvalue weighted by atomic mass is 32.2. The predicted octanol–water partition coefficient (Wildman–Crippen LogP) is 1.11. The molecule has 0 radical (unpaired) electrons. The van der Waals surface area contributed by atoms with E-state index in [9.17, 15) is 8.42 Å². The molecule has 1 aliphatic heterocycles. The number of methoxy groups -OCH3 is 1. The molecule has 2 rings (SSSR count). The molecule has 0 spiro atoms. The summed E-state index contributed by atoms with van der Waals surface area (Å²) < 4.78 is 41.4. The minimum atomic E-state index is -3.26. The fraction of sp³-hybridized carbons (Fsp3) is 0.846. The summed E-state index contributed by atoms with van der Waals surface area (Å²) in [6.07, 6.45) is 2.12. The van der Waals surface area contributed by atoms with Crippen LogP contribution in [0.15, 0.2) is 4.52 Å². The Morgan fingerprint density at radius 2 is 2.23 bits per heavy atom. The Balaban J connectivity index is 2.00. The zero-order valence-corrected chi connectivity index (χ0v) is 13.8. The first-order valence-electron chi connectivity index (χ1n) is 7.47. The number of sulfonamides is 1. The van der Waals surface area contributed by atoms with Gasteiger partial charge in [0.05, 0.1) is 25.0 Å². The van der Waals surface area contributed by atoms with Gasteiger partial charge in [0.2, 0.25) is 10.0 Å². The third kappa shape index (κ3) is 4.25. The molecule has 1 aliphatic rings. The van der Waals surface area contributed by atoms with E-state index in [-0.39, 0.29) is 18.4 Å². The van der Waals surface area contributed by atoms with Gasteiger partial charge in [0.15, 0.2) is 5.82 Å². The zero-order valence-electron chi connectivity index (χ0n) is 13.0. The number of hydrogen-bond donors (Lipinski definition) is 0. The van der Waals surface area contributed by atoms with Crippen LogP contribution < -0.4 is 0 Å². The van der Waals surface area contributed by atoms with Crippen molar-refractivity contribution in [1.29, 1.82) is 0 Å². The highest BCUT2D eigenvalue weighted by Crippen LogP contribution is 2.33. The summed E-state index contributed by atoms with van der Waals surface area (Å²) in [5.74, 6) is 0.919. The summed E-state index contributed by atoms with van der Waals surface area (Å²) in [6.45, 7) is 3.50. The molecule has 0 N–H and O–H groups in total. The maximum absolute atomic E-state index is 12.3. The molecule has 1 saturated heterocycles. The normalized spacial score (nSPS) is 19.8. The van der Waals surface area contributed by atoms with Crippen LogP contribution in [0.25, 0.3) is 0 Å². The van der Waals surface area contributed by atoms with Crippen LogP contribution in [0.3, 0.4) is 0 Å². The number of nitrogens with zero attached hydrogens (tertiary/aromatic N) is 3. The second kappa shape index (κ2) is 8.00. The van der Waals surface area contributed by atoms with Crippen molar-refractivity contribution in [3.05, 3.63) is 11.7 Å². The van der Waals surface area contributed by atoms with Crippen LogP contribution >= 0.6 is 0 Å². The average Bonchev–Trinajstić information content (AvgIpc) is 3.12. The van der Waals surface area contributed by atoms with E-state index < -0.39 is 10.0 Å². The lowest BCUT2D eigenvalue weighted by Crippen LogP contribution is -2.33.